The Morgan fingerprint density at radius 3 is 2.40 bits per heavy atom. The number of fused-ring (bicyclic) bond motifs is 1. The fourth-order valence-electron chi connectivity index (χ4n) is 5.27. The van der Waals surface area contributed by atoms with Gasteiger partial charge in [-0.15, -0.1) is 0 Å². The third kappa shape index (κ3) is 6.11. The minimum absolute atomic E-state index is 0.170. The van der Waals surface area contributed by atoms with Gasteiger partial charge in [0.05, 0.1) is 47.4 Å². The predicted molar refractivity (Wildman–Crippen MR) is 141 cm³/mol. The molecule has 0 atom stereocenters. The van der Waals surface area contributed by atoms with E-state index in [1.54, 1.807) is 6.07 Å². The molecule has 16 heteroatoms. The molecule has 3 aromatic heterocycles. The van der Waals surface area contributed by atoms with E-state index in [1.807, 2.05) is 6.92 Å². The lowest BCUT2D eigenvalue weighted by Crippen LogP contribution is -2.53. The number of aromatic amines is 1. The quantitative estimate of drug-likeness (QED) is 0.280. The van der Waals surface area contributed by atoms with Gasteiger partial charge < -0.3 is 15.1 Å². The summed E-state index contributed by atoms with van der Waals surface area (Å²) in [7, 11) is 0. The number of nitrogens with zero attached hydrogens (tertiary/aromatic N) is 6. The van der Waals surface area contributed by atoms with Crippen LogP contribution in [-0.2, 0) is 6.54 Å². The molecular formula is C26H31F7N8O. The molecule has 4 heterocycles. The lowest BCUT2D eigenvalue weighted by molar-refractivity contribution is -0.180. The number of nitrogens with one attached hydrogen (secondary N) is 2. The van der Waals surface area contributed by atoms with Crippen LogP contribution in [-0.4, -0.2) is 79.1 Å². The smallest absolute Gasteiger partial charge is 0.353 e. The van der Waals surface area contributed by atoms with Crippen molar-refractivity contribution in [2.75, 3.05) is 29.9 Å². The summed E-state index contributed by atoms with van der Waals surface area (Å²) < 4.78 is 94.3. The lowest BCUT2D eigenvalue weighted by atomic mass is 9.99. The number of carbonyl (C=O) groups is 1. The van der Waals surface area contributed by atoms with Crippen molar-refractivity contribution < 1.29 is 35.5 Å². The van der Waals surface area contributed by atoms with Gasteiger partial charge in [0.2, 0.25) is 0 Å². The molecule has 0 spiro atoms. The Morgan fingerprint density at radius 1 is 1.14 bits per heavy atom. The SMILES string of the molecule is CCC1(N(CCC(F)(F)F)C(=O)Nc2cn[nH]c2-c2cc3c(cn2)c(N2CC(C(F)(F)F)C2)nn3CC(C)(C)F)CC1. The lowest BCUT2D eigenvalue weighted by Gasteiger charge is -2.40. The van der Waals surface area contributed by atoms with Gasteiger partial charge in [0.25, 0.3) is 0 Å². The van der Waals surface area contributed by atoms with Gasteiger partial charge in [-0.2, -0.15) is 36.5 Å². The zero-order valence-electron chi connectivity index (χ0n) is 23.2. The maximum absolute atomic E-state index is 14.7. The van der Waals surface area contributed by atoms with Crippen LogP contribution in [0.25, 0.3) is 22.3 Å². The Bertz CT molecular complexity index is 1450. The maximum atomic E-state index is 14.7. The molecule has 2 aliphatic rings. The normalized spacial score (nSPS) is 17.4. The van der Waals surface area contributed by atoms with Crippen molar-refractivity contribution in [3.05, 3.63) is 18.5 Å². The average Bonchev–Trinajstić information content (AvgIpc) is 3.36. The number of hydrogen-bond acceptors (Lipinski definition) is 5. The highest BCUT2D eigenvalue weighted by molar-refractivity contribution is 5.96. The minimum atomic E-state index is -4.43. The summed E-state index contributed by atoms with van der Waals surface area (Å²) in [4.78, 5) is 20.3. The molecule has 2 fully saturated rings. The number of alkyl halides is 7. The molecule has 2 amide bonds. The van der Waals surface area contributed by atoms with Gasteiger partial charge in [-0.3, -0.25) is 14.8 Å². The summed E-state index contributed by atoms with van der Waals surface area (Å²) in [5.41, 5.74) is -1.26. The van der Waals surface area contributed by atoms with Crippen LogP contribution < -0.4 is 10.2 Å². The topological polar surface area (TPSA) is 95.0 Å². The van der Waals surface area contributed by atoms with Crippen LogP contribution in [0.4, 0.5) is 47.0 Å². The summed E-state index contributed by atoms with van der Waals surface area (Å²) >= 11 is 0. The van der Waals surface area contributed by atoms with E-state index in [1.165, 1.54) is 40.7 Å². The molecule has 3 aromatic rings. The Kier molecular flexibility index (Phi) is 7.33. The second-order valence-electron chi connectivity index (χ2n) is 11.6. The molecule has 2 N–H and O–H groups in total. The average molecular weight is 605 g/mol. The number of rotatable bonds is 9. The third-order valence-corrected chi connectivity index (χ3v) is 7.85. The van der Waals surface area contributed by atoms with Crippen molar-refractivity contribution in [2.45, 2.75) is 76.6 Å². The number of H-pyrrole nitrogens is 1. The molecule has 1 aliphatic carbocycles. The summed E-state index contributed by atoms with van der Waals surface area (Å²) in [5, 5.41) is 14.2. The minimum Gasteiger partial charge on any atom is -0.353 e. The van der Waals surface area contributed by atoms with E-state index >= 15 is 0 Å². The number of carbonyl (C=O) groups excluding carboxylic acids is 1. The number of amides is 2. The summed E-state index contributed by atoms with van der Waals surface area (Å²) in [6.07, 6.45) is -5.48. The fraction of sp³-hybridized carbons (Fsp3) is 0.615. The van der Waals surface area contributed by atoms with E-state index in [0.29, 0.717) is 30.2 Å². The standard InChI is InChI=1S/C26H31F7N8O/c1-4-24(5-6-24)40(8-7-25(28,29)30)22(42)36-18-11-35-37-20(18)17-9-19-16(10-34-17)21(38-41(19)14-23(2,3)27)39-12-15(13-39)26(31,32)33/h9-11,15H,4-8,12-14H2,1-3H3,(H,35,37)(H,36,42). The van der Waals surface area contributed by atoms with Crippen LogP contribution >= 0.6 is 0 Å². The van der Waals surface area contributed by atoms with Crippen molar-refractivity contribution in [3.63, 3.8) is 0 Å². The van der Waals surface area contributed by atoms with Crippen molar-refractivity contribution >= 4 is 28.4 Å². The van der Waals surface area contributed by atoms with Crippen LogP contribution in [0.1, 0.15) is 46.5 Å². The summed E-state index contributed by atoms with van der Waals surface area (Å²) in [6, 6.07) is 0.850. The molecule has 0 aromatic carbocycles. The van der Waals surface area contributed by atoms with Gasteiger partial charge in [0.1, 0.15) is 11.4 Å². The molecule has 1 saturated carbocycles. The number of urea groups is 1. The van der Waals surface area contributed by atoms with E-state index in [4.69, 9.17) is 0 Å². The van der Waals surface area contributed by atoms with E-state index in [-0.39, 0.29) is 42.5 Å². The van der Waals surface area contributed by atoms with Crippen LogP contribution in [0.15, 0.2) is 18.5 Å². The first-order chi connectivity index (χ1) is 19.5. The van der Waals surface area contributed by atoms with Crippen LogP contribution in [0.2, 0.25) is 0 Å². The van der Waals surface area contributed by atoms with Crippen LogP contribution in [0.3, 0.4) is 0 Å². The first-order valence-corrected chi connectivity index (χ1v) is 13.6. The highest BCUT2D eigenvalue weighted by Crippen LogP contribution is 2.46. The zero-order chi connectivity index (χ0) is 30.7. The first kappa shape index (κ1) is 29.9. The highest BCUT2D eigenvalue weighted by atomic mass is 19.4. The monoisotopic (exact) mass is 604 g/mol. The van der Waals surface area contributed by atoms with Gasteiger partial charge in [-0.05, 0) is 39.2 Å². The van der Waals surface area contributed by atoms with Gasteiger partial charge in [0, 0.05) is 31.4 Å². The number of pyridine rings is 1. The van der Waals surface area contributed by atoms with E-state index in [2.05, 4.69) is 25.6 Å². The third-order valence-electron chi connectivity index (χ3n) is 7.85. The second-order valence-corrected chi connectivity index (χ2v) is 11.6. The van der Waals surface area contributed by atoms with Gasteiger partial charge in [-0.1, -0.05) is 6.92 Å². The van der Waals surface area contributed by atoms with Crippen LogP contribution in [0.5, 0.6) is 0 Å². The van der Waals surface area contributed by atoms with Crippen LogP contribution in [0, 0.1) is 5.92 Å². The molecule has 0 bridgehead atoms. The van der Waals surface area contributed by atoms with E-state index < -0.39 is 48.5 Å². The van der Waals surface area contributed by atoms with Crippen molar-refractivity contribution in [1.82, 2.24) is 29.9 Å². The molecule has 9 nitrogen and oxygen atoms in total. The maximum Gasteiger partial charge on any atom is 0.395 e. The van der Waals surface area contributed by atoms with E-state index in [0.717, 1.165) is 0 Å². The Balaban J connectivity index is 1.43. The van der Waals surface area contributed by atoms with E-state index in [9.17, 15) is 35.5 Å². The van der Waals surface area contributed by atoms with Gasteiger partial charge in [0.15, 0.2) is 5.82 Å². The number of halogens is 7. The fourth-order valence-corrected chi connectivity index (χ4v) is 5.27. The van der Waals surface area contributed by atoms with Crippen molar-refractivity contribution in [3.8, 4) is 11.4 Å². The Labute approximate surface area is 236 Å². The van der Waals surface area contributed by atoms with Crippen molar-refractivity contribution in [2.24, 2.45) is 5.92 Å². The number of aromatic nitrogens is 5. The number of anilines is 2. The molecule has 0 unspecified atom stereocenters. The summed E-state index contributed by atoms with van der Waals surface area (Å²) in [5.74, 6) is -1.24. The number of hydrogen-bond donors (Lipinski definition) is 2. The molecule has 42 heavy (non-hydrogen) atoms. The van der Waals surface area contributed by atoms with Gasteiger partial charge >= 0.3 is 18.4 Å². The molecule has 230 valence electrons. The highest BCUT2D eigenvalue weighted by Gasteiger charge is 2.50. The summed E-state index contributed by atoms with van der Waals surface area (Å²) in [6.45, 7) is 3.27. The molecular weight excluding hydrogens is 573 g/mol. The Morgan fingerprint density at radius 2 is 1.83 bits per heavy atom. The molecule has 1 aliphatic heterocycles. The largest absolute Gasteiger partial charge is 0.395 e. The Hall–Kier alpha value is -3.59. The predicted octanol–water partition coefficient (Wildman–Crippen LogP) is 6.30. The zero-order valence-corrected chi connectivity index (χ0v) is 23.2. The first-order valence-electron chi connectivity index (χ1n) is 13.6. The van der Waals surface area contributed by atoms with Gasteiger partial charge in [-0.25, -0.2) is 9.18 Å². The van der Waals surface area contributed by atoms with Crippen molar-refractivity contribution in [1.29, 1.82) is 0 Å². The molecule has 0 radical (unpaired) electrons. The molecule has 5 rings (SSSR count). The second kappa shape index (κ2) is 10.3. The molecule has 1 saturated heterocycles.